The van der Waals surface area contributed by atoms with Gasteiger partial charge in [-0.2, -0.15) is 0 Å². The number of rotatable bonds is 3. The highest BCUT2D eigenvalue weighted by Gasteiger charge is 2.28. The van der Waals surface area contributed by atoms with Gasteiger partial charge in [0.2, 0.25) is 0 Å². The lowest BCUT2D eigenvalue weighted by atomic mass is 9.95. The zero-order valence-electron chi connectivity index (χ0n) is 12.9. The number of pyridine rings is 1. The second-order valence-electron chi connectivity index (χ2n) is 4.58. The zero-order chi connectivity index (χ0) is 15.0. The van der Waals surface area contributed by atoms with E-state index in [9.17, 15) is 4.79 Å². The molecule has 0 saturated carbocycles. The number of hydrogen-bond donors (Lipinski definition) is 0. The molecule has 1 unspecified atom stereocenters. The van der Waals surface area contributed by atoms with Crippen molar-refractivity contribution in [1.29, 1.82) is 0 Å². The van der Waals surface area contributed by atoms with Gasteiger partial charge in [-0.3, -0.25) is 9.78 Å². The fourth-order valence-electron chi connectivity index (χ4n) is 2.23. The summed E-state index contributed by atoms with van der Waals surface area (Å²) in [6.45, 7) is 8.67. The molecule has 2 rings (SSSR count). The molecular formula is C16H25NO3. The van der Waals surface area contributed by atoms with E-state index in [0.29, 0.717) is 13.2 Å². The molecule has 0 aromatic carbocycles. The van der Waals surface area contributed by atoms with Crippen molar-refractivity contribution >= 4 is 5.97 Å². The molecule has 0 aliphatic carbocycles. The Labute approximate surface area is 121 Å². The molecule has 1 aromatic heterocycles. The molecule has 2 atom stereocenters. The number of nitrogens with zero attached hydrogens (tertiary/aromatic N) is 1. The maximum absolute atomic E-state index is 11.6. The third-order valence-electron chi connectivity index (χ3n) is 3.19. The van der Waals surface area contributed by atoms with E-state index in [1.165, 1.54) is 0 Å². The Kier molecular flexibility index (Phi) is 7.23. The number of carbonyl (C=O) groups is 1. The maximum atomic E-state index is 11.6. The quantitative estimate of drug-likeness (QED) is 0.795. The van der Waals surface area contributed by atoms with Crippen LogP contribution in [0.1, 0.15) is 51.0 Å². The number of esters is 1. The summed E-state index contributed by atoms with van der Waals surface area (Å²) in [5.41, 5.74) is 2.13. The van der Waals surface area contributed by atoms with Crippen LogP contribution in [0, 0.1) is 12.8 Å². The Morgan fingerprint density at radius 1 is 1.45 bits per heavy atom. The van der Waals surface area contributed by atoms with Gasteiger partial charge in [0.15, 0.2) is 0 Å². The SMILES string of the molecule is CC.CCOC(=O)C1CC[C@@H](c2ccnc(C)c2)OC1. The standard InChI is InChI=1S/C14H19NO3.C2H6/c1-3-17-14(16)12-4-5-13(18-9-12)11-6-7-15-10(2)8-11;1-2/h6-8,12-13H,3-5,9H2,1-2H3;1-2H3/t12?,13-;/m0./s1. The van der Waals surface area contributed by atoms with E-state index in [1.54, 1.807) is 6.20 Å². The molecule has 0 N–H and O–H groups in total. The molecule has 2 heterocycles. The van der Waals surface area contributed by atoms with Gasteiger partial charge in [-0.05, 0) is 44.4 Å². The van der Waals surface area contributed by atoms with Crippen molar-refractivity contribution < 1.29 is 14.3 Å². The third kappa shape index (κ3) is 4.60. The van der Waals surface area contributed by atoms with Crippen LogP contribution >= 0.6 is 0 Å². The fraction of sp³-hybridized carbons (Fsp3) is 0.625. The van der Waals surface area contributed by atoms with Crippen molar-refractivity contribution in [2.75, 3.05) is 13.2 Å². The van der Waals surface area contributed by atoms with E-state index < -0.39 is 0 Å². The average Bonchev–Trinajstić information content (AvgIpc) is 2.50. The summed E-state index contributed by atoms with van der Waals surface area (Å²) in [7, 11) is 0. The van der Waals surface area contributed by atoms with E-state index in [-0.39, 0.29) is 18.0 Å². The van der Waals surface area contributed by atoms with Crippen LogP contribution in [-0.4, -0.2) is 24.2 Å². The third-order valence-corrected chi connectivity index (χ3v) is 3.19. The minimum Gasteiger partial charge on any atom is -0.466 e. The van der Waals surface area contributed by atoms with Crippen LogP contribution in [0.3, 0.4) is 0 Å². The number of hydrogen-bond acceptors (Lipinski definition) is 4. The van der Waals surface area contributed by atoms with Crippen LogP contribution < -0.4 is 0 Å². The molecule has 1 fully saturated rings. The first-order chi connectivity index (χ1) is 9.70. The zero-order valence-corrected chi connectivity index (χ0v) is 12.9. The first-order valence-electron chi connectivity index (χ1n) is 7.41. The topological polar surface area (TPSA) is 48.4 Å². The number of ether oxygens (including phenoxy) is 2. The van der Waals surface area contributed by atoms with Gasteiger partial charge < -0.3 is 9.47 Å². The van der Waals surface area contributed by atoms with E-state index in [2.05, 4.69) is 4.98 Å². The van der Waals surface area contributed by atoms with Crippen molar-refractivity contribution in [3.05, 3.63) is 29.6 Å². The lowest BCUT2D eigenvalue weighted by Gasteiger charge is -2.28. The molecule has 0 amide bonds. The Hall–Kier alpha value is -1.42. The first-order valence-corrected chi connectivity index (χ1v) is 7.41. The Morgan fingerprint density at radius 2 is 2.20 bits per heavy atom. The van der Waals surface area contributed by atoms with Gasteiger partial charge in [0.05, 0.1) is 25.2 Å². The van der Waals surface area contributed by atoms with Crippen LogP contribution in [0.2, 0.25) is 0 Å². The molecule has 0 bridgehead atoms. The summed E-state index contributed by atoms with van der Waals surface area (Å²) in [4.78, 5) is 15.8. The normalized spacial score (nSPS) is 21.6. The highest BCUT2D eigenvalue weighted by atomic mass is 16.5. The van der Waals surface area contributed by atoms with Crippen molar-refractivity contribution in [3.8, 4) is 0 Å². The molecule has 1 saturated heterocycles. The summed E-state index contributed by atoms with van der Waals surface area (Å²) < 4.78 is 10.8. The van der Waals surface area contributed by atoms with Gasteiger partial charge in [-0.15, -0.1) is 0 Å². The number of aryl methyl sites for hydroxylation is 1. The largest absolute Gasteiger partial charge is 0.466 e. The van der Waals surface area contributed by atoms with E-state index in [0.717, 1.165) is 24.1 Å². The van der Waals surface area contributed by atoms with Gasteiger partial charge in [-0.25, -0.2) is 0 Å². The van der Waals surface area contributed by atoms with Crippen LogP contribution in [0.15, 0.2) is 18.3 Å². The Morgan fingerprint density at radius 3 is 2.75 bits per heavy atom. The summed E-state index contributed by atoms with van der Waals surface area (Å²) in [5.74, 6) is -0.244. The second kappa shape index (κ2) is 8.69. The molecule has 4 heteroatoms. The fourth-order valence-corrected chi connectivity index (χ4v) is 2.23. The molecule has 4 nitrogen and oxygen atoms in total. The van der Waals surface area contributed by atoms with Gasteiger partial charge >= 0.3 is 5.97 Å². The molecule has 112 valence electrons. The predicted octanol–water partition coefficient (Wildman–Crippen LogP) is 3.45. The van der Waals surface area contributed by atoms with Crippen molar-refractivity contribution in [2.24, 2.45) is 5.92 Å². The molecule has 1 aromatic rings. The van der Waals surface area contributed by atoms with Crippen LogP contribution in [0.5, 0.6) is 0 Å². The lowest BCUT2D eigenvalue weighted by Crippen LogP contribution is -2.28. The predicted molar refractivity (Wildman–Crippen MR) is 78.4 cm³/mol. The highest BCUT2D eigenvalue weighted by Crippen LogP contribution is 2.31. The highest BCUT2D eigenvalue weighted by molar-refractivity contribution is 5.72. The van der Waals surface area contributed by atoms with Crippen molar-refractivity contribution in [1.82, 2.24) is 4.98 Å². The monoisotopic (exact) mass is 279 g/mol. The molecule has 0 radical (unpaired) electrons. The van der Waals surface area contributed by atoms with E-state index in [4.69, 9.17) is 9.47 Å². The molecular weight excluding hydrogens is 254 g/mol. The van der Waals surface area contributed by atoms with Crippen LogP contribution in [-0.2, 0) is 14.3 Å². The molecule has 0 spiro atoms. The number of carbonyl (C=O) groups excluding carboxylic acids is 1. The summed E-state index contributed by atoms with van der Waals surface area (Å²) in [6.07, 6.45) is 3.56. The van der Waals surface area contributed by atoms with Crippen LogP contribution in [0.25, 0.3) is 0 Å². The Bertz CT molecular complexity index is 412. The minimum atomic E-state index is -0.137. The smallest absolute Gasteiger partial charge is 0.311 e. The average molecular weight is 279 g/mol. The van der Waals surface area contributed by atoms with E-state index in [1.807, 2.05) is 39.8 Å². The molecule has 20 heavy (non-hydrogen) atoms. The molecule has 1 aliphatic rings. The van der Waals surface area contributed by atoms with Gasteiger partial charge in [0, 0.05) is 11.9 Å². The lowest BCUT2D eigenvalue weighted by molar-refractivity contribution is -0.154. The summed E-state index contributed by atoms with van der Waals surface area (Å²) in [5, 5.41) is 0. The van der Waals surface area contributed by atoms with Gasteiger partial charge in [0.1, 0.15) is 0 Å². The van der Waals surface area contributed by atoms with Crippen molar-refractivity contribution in [3.63, 3.8) is 0 Å². The summed E-state index contributed by atoms with van der Waals surface area (Å²) in [6, 6.07) is 4.01. The van der Waals surface area contributed by atoms with Gasteiger partial charge in [0.25, 0.3) is 0 Å². The first kappa shape index (κ1) is 16.6. The second-order valence-corrected chi connectivity index (χ2v) is 4.58. The van der Waals surface area contributed by atoms with E-state index >= 15 is 0 Å². The maximum Gasteiger partial charge on any atom is 0.311 e. The molecule has 1 aliphatic heterocycles. The minimum absolute atomic E-state index is 0.0809. The Balaban J connectivity index is 0.000000956. The van der Waals surface area contributed by atoms with Crippen LogP contribution in [0.4, 0.5) is 0 Å². The van der Waals surface area contributed by atoms with Crippen molar-refractivity contribution in [2.45, 2.75) is 46.6 Å². The van der Waals surface area contributed by atoms with Gasteiger partial charge in [-0.1, -0.05) is 13.8 Å². The summed E-state index contributed by atoms with van der Waals surface area (Å²) >= 11 is 0. The number of aromatic nitrogens is 1.